The Bertz CT molecular complexity index is 1220. The van der Waals surface area contributed by atoms with Crippen molar-refractivity contribution in [1.29, 1.82) is 0 Å². The standard InChI is InChI=1S/C25H23N3O2S2/c1-16-11-13-18(14-12-16)26-23(29)15-31-17(2)24(30)27-20-8-4-3-7-19(20)25-28-21-9-5-6-10-22(21)32-25/h3-14,17H,15H2,1-2H3,(H,26,29)(H,27,30). The number of rotatable bonds is 7. The molecule has 0 aliphatic carbocycles. The van der Waals surface area contributed by atoms with E-state index in [1.54, 1.807) is 18.3 Å². The third kappa shape index (κ3) is 5.36. The molecule has 4 rings (SSSR count). The lowest BCUT2D eigenvalue weighted by Crippen LogP contribution is -2.25. The van der Waals surface area contributed by atoms with Gasteiger partial charge in [-0.1, -0.05) is 42.0 Å². The van der Waals surface area contributed by atoms with E-state index in [1.807, 2.05) is 79.7 Å². The molecular weight excluding hydrogens is 438 g/mol. The molecule has 0 fully saturated rings. The van der Waals surface area contributed by atoms with Crippen LogP contribution in [0.15, 0.2) is 72.8 Å². The van der Waals surface area contributed by atoms with Crippen molar-refractivity contribution in [3.8, 4) is 10.6 Å². The lowest BCUT2D eigenvalue weighted by molar-refractivity contribution is -0.115. The largest absolute Gasteiger partial charge is 0.325 e. The number of carbonyl (C=O) groups excluding carboxylic acids is 2. The van der Waals surface area contributed by atoms with Crippen molar-refractivity contribution < 1.29 is 9.59 Å². The summed E-state index contributed by atoms with van der Waals surface area (Å²) >= 11 is 2.90. The van der Waals surface area contributed by atoms with Gasteiger partial charge in [0.05, 0.1) is 26.9 Å². The Hall–Kier alpha value is -3.16. The molecule has 1 unspecified atom stereocenters. The van der Waals surface area contributed by atoms with Gasteiger partial charge in [0, 0.05) is 11.3 Å². The summed E-state index contributed by atoms with van der Waals surface area (Å²) in [6.45, 7) is 3.80. The minimum Gasteiger partial charge on any atom is -0.325 e. The van der Waals surface area contributed by atoms with Crippen molar-refractivity contribution >= 4 is 56.5 Å². The Labute approximate surface area is 195 Å². The number of thioether (sulfide) groups is 1. The van der Waals surface area contributed by atoms with Crippen LogP contribution in [0, 0.1) is 6.92 Å². The Morgan fingerprint density at radius 2 is 1.69 bits per heavy atom. The molecule has 0 spiro atoms. The highest BCUT2D eigenvalue weighted by atomic mass is 32.2. The van der Waals surface area contributed by atoms with Crippen LogP contribution in [0.2, 0.25) is 0 Å². The molecule has 0 saturated heterocycles. The molecule has 1 atom stereocenters. The number of aromatic nitrogens is 1. The van der Waals surface area contributed by atoms with Gasteiger partial charge in [0.1, 0.15) is 5.01 Å². The number of carbonyl (C=O) groups is 2. The van der Waals surface area contributed by atoms with Crippen molar-refractivity contribution in [1.82, 2.24) is 4.98 Å². The van der Waals surface area contributed by atoms with Crippen molar-refractivity contribution in [2.75, 3.05) is 16.4 Å². The van der Waals surface area contributed by atoms with Gasteiger partial charge in [-0.3, -0.25) is 9.59 Å². The molecule has 1 heterocycles. The molecule has 1 aromatic heterocycles. The number of hydrogen-bond acceptors (Lipinski definition) is 5. The molecule has 0 saturated carbocycles. The Balaban J connectivity index is 1.38. The minimum atomic E-state index is -0.387. The van der Waals surface area contributed by atoms with Crippen LogP contribution in [0.3, 0.4) is 0 Å². The third-order valence-corrected chi connectivity index (χ3v) is 7.09. The normalized spacial score (nSPS) is 11.8. The zero-order valence-corrected chi connectivity index (χ0v) is 19.4. The number of amides is 2. The number of nitrogens with one attached hydrogen (secondary N) is 2. The summed E-state index contributed by atoms with van der Waals surface area (Å²) in [5.41, 5.74) is 4.43. The van der Waals surface area contributed by atoms with Gasteiger partial charge in [0.2, 0.25) is 11.8 Å². The van der Waals surface area contributed by atoms with E-state index in [1.165, 1.54) is 11.8 Å². The van der Waals surface area contributed by atoms with Crippen molar-refractivity contribution in [2.24, 2.45) is 0 Å². The molecule has 0 aliphatic heterocycles. The predicted octanol–water partition coefficient (Wildman–Crippen LogP) is 5.97. The van der Waals surface area contributed by atoms with Crippen LogP contribution >= 0.6 is 23.1 Å². The summed E-state index contributed by atoms with van der Waals surface area (Å²) in [6, 6.07) is 23.3. The first kappa shape index (κ1) is 22.0. The summed E-state index contributed by atoms with van der Waals surface area (Å²) in [7, 11) is 0. The summed E-state index contributed by atoms with van der Waals surface area (Å²) in [5.74, 6) is -0.0813. The van der Waals surface area contributed by atoms with E-state index < -0.39 is 0 Å². The molecule has 32 heavy (non-hydrogen) atoms. The fraction of sp³-hybridized carbons (Fsp3) is 0.160. The van der Waals surface area contributed by atoms with Gasteiger partial charge < -0.3 is 10.6 Å². The number of anilines is 2. The Kier molecular flexibility index (Phi) is 6.87. The average molecular weight is 462 g/mol. The SMILES string of the molecule is Cc1ccc(NC(=O)CSC(C)C(=O)Nc2ccccc2-c2nc3ccccc3s2)cc1. The second-order valence-electron chi connectivity index (χ2n) is 7.39. The second kappa shape index (κ2) is 9.97. The van der Waals surface area contributed by atoms with Gasteiger partial charge in [-0.25, -0.2) is 4.98 Å². The molecule has 0 aliphatic rings. The molecule has 7 heteroatoms. The first-order chi connectivity index (χ1) is 15.5. The average Bonchev–Trinajstić information content (AvgIpc) is 3.23. The fourth-order valence-corrected chi connectivity index (χ4v) is 4.80. The number of fused-ring (bicyclic) bond motifs is 1. The maximum absolute atomic E-state index is 12.8. The molecular formula is C25H23N3O2S2. The number of aryl methyl sites for hydroxylation is 1. The van der Waals surface area contributed by atoms with Gasteiger partial charge in [-0.15, -0.1) is 23.1 Å². The Morgan fingerprint density at radius 3 is 2.47 bits per heavy atom. The summed E-state index contributed by atoms with van der Waals surface area (Å²) in [6.07, 6.45) is 0. The number of thiazole rings is 1. The summed E-state index contributed by atoms with van der Waals surface area (Å²) < 4.78 is 1.10. The first-order valence-electron chi connectivity index (χ1n) is 10.2. The van der Waals surface area contributed by atoms with E-state index in [0.29, 0.717) is 5.69 Å². The lowest BCUT2D eigenvalue weighted by Gasteiger charge is -2.14. The number of nitrogens with zero attached hydrogens (tertiary/aromatic N) is 1. The van der Waals surface area contributed by atoms with Crippen LogP contribution in [0.25, 0.3) is 20.8 Å². The van der Waals surface area contributed by atoms with Gasteiger partial charge in [0.15, 0.2) is 0 Å². The second-order valence-corrected chi connectivity index (χ2v) is 9.75. The van der Waals surface area contributed by atoms with Gasteiger partial charge in [-0.2, -0.15) is 0 Å². The van der Waals surface area contributed by atoms with E-state index in [4.69, 9.17) is 4.98 Å². The summed E-state index contributed by atoms with van der Waals surface area (Å²) in [4.78, 5) is 29.7. The van der Waals surface area contributed by atoms with Crippen LogP contribution < -0.4 is 10.6 Å². The zero-order valence-electron chi connectivity index (χ0n) is 17.8. The highest BCUT2D eigenvalue weighted by Crippen LogP contribution is 2.34. The smallest absolute Gasteiger partial charge is 0.237 e. The molecule has 0 bridgehead atoms. The Morgan fingerprint density at radius 1 is 0.969 bits per heavy atom. The van der Waals surface area contributed by atoms with Gasteiger partial charge in [0.25, 0.3) is 0 Å². The fourth-order valence-electron chi connectivity index (χ4n) is 3.11. The predicted molar refractivity (Wildman–Crippen MR) is 135 cm³/mol. The van der Waals surface area contributed by atoms with E-state index in [0.717, 1.165) is 32.0 Å². The van der Waals surface area contributed by atoms with Crippen molar-refractivity contribution in [3.63, 3.8) is 0 Å². The number of benzene rings is 3. The first-order valence-corrected chi connectivity index (χ1v) is 12.1. The highest BCUT2D eigenvalue weighted by molar-refractivity contribution is 8.01. The highest BCUT2D eigenvalue weighted by Gasteiger charge is 2.18. The van der Waals surface area contributed by atoms with E-state index in [-0.39, 0.29) is 22.8 Å². The van der Waals surface area contributed by atoms with Crippen molar-refractivity contribution in [2.45, 2.75) is 19.1 Å². The zero-order chi connectivity index (χ0) is 22.5. The summed E-state index contributed by atoms with van der Waals surface area (Å²) in [5, 5.41) is 6.34. The van der Waals surface area contributed by atoms with Crippen LogP contribution in [0.4, 0.5) is 11.4 Å². The van der Waals surface area contributed by atoms with Crippen LogP contribution in [-0.2, 0) is 9.59 Å². The maximum Gasteiger partial charge on any atom is 0.237 e. The van der Waals surface area contributed by atoms with Crippen LogP contribution in [0.1, 0.15) is 12.5 Å². The molecule has 3 aromatic carbocycles. The van der Waals surface area contributed by atoms with E-state index in [2.05, 4.69) is 10.6 Å². The van der Waals surface area contributed by atoms with E-state index >= 15 is 0 Å². The van der Waals surface area contributed by atoms with Gasteiger partial charge >= 0.3 is 0 Å². The molecule has 162 valence electrons. The number of hydrogen-bond donors (Lipinski definition) is 2. The van der Waals surface area contributed by atoms with Crippen LogP contribution in [0.5, 0.6) is 0 Å². The monoisotopic (exact) mass is 461 g/mol. The molecule has 2 N–H and O–H groups in total. The molecule has 2 amide bonds. The van der Waals surface area contributed by atoms with Crippen LogP contribution in [-0.4, -0.2) is 27.8 Å². The molecule has 5 nitrogen and oxygen atoms in total. The number of para-hydroxylation sites is 2. The van der Waals surface area contributed by atoms with Gasteiger partial charge in [-0.05, 0) is 50.2 Å². The third-order valence-electron chi connectivity index (χ3n) is 4.88. The lowest BCUT2D eigenvalue weighted by atomic mass is 10.2. The maximum atomic E-state index is 12.8. The minimum absolute atomic E-state index is 0.131. The topological polar surface area (TPSA) is 71.1 Å². The molecule has 4 aromatic rings. The quantitative estimate of drug-likeness (QED) is 0.356. The van der Waals surface area contributed by atoms with E-state index in [9.17, 15) is 9.59 Å². The van der Waals surface area contributed by atoms with Crippen molar-refractivity contribution in [3.05, 3.63) is 78.4 Å². The molecule has 0 radical (unpaired) electrons.